The maximum atomic E-state index is 12.7. The van der Waals surface area contributed by atoms with Crippen molar-refractivity contribution in [1.82, 2.24) is 9.47 Å². The zero-order valence-electron chi connectivity index (χ0n) is 14.5. The van der Waals surface area contributed by atoms with Crippen LogP contribution in [0.15, 0.2) is 50.2 Å². The topological polar surface area (TPSA) is 121 Å². The fourth-order valence-electron chi connectivity index (χ4n) is 2.64. The second-order valence-corrected chi connectivity index (χ2v) is 5.75. The van der Waals surface area contributed by atoms with E-state index >= 15 is 0 Å². The molecular formula is C17H17N3O7. The molecule has 1 amide bonds. The van der Waals surface area contributed by atoms with Crippen LogP contribution in [-0.2, 0) is 22.6 Å². The summed E-state index contributed by atoms with van der Waals surface area (Å²) in [5.41, 5.74) is 0.161. The molecule has 0 fully saturated rings. The lowest BCUT2D eigenvalue weighted by molar-refractivity contribution is -0.384. The van der Waals surface area contributed by atoms with Gasteiger partial charge in [0.2, 0.25) is 5.91 Å². The summed E-state index contributed by atoms with van der Waals surface area (Å²) in [6.07, 6.45) is 1.51. The van der Waals surface area contributed by atoms with Crippen molar-refractivity contribution in [3.05, 3.63) is 63.0 Å². The van der Waals surface area contributed by atoms with E-state index in [4.69, 9.17) is 13.6 Å². The minimum Gasteiger partial charge on any atom is -0.467 e. The first-order valence-corrected chi connectivity index (χ1v) is 8.06. The number of fused-ring (bicyclic) bond motifs is 1. The van der Waals surface area contributed by atoms with Crippen molar-refractivity contribution < 1.29 is 23.3 Å². The number of furan rings is 1. The van der Waals surface area contributed by atoms with Crippen molar-refractivity contribution in [1.29, 1.82) is 0 Å². The van der Waals surface area contributed by atoms with Crippen LogP contribution in [0.2, 0.25) is 0 Å². The molecule has 3 rings (SSSR count). The number of hydrogen-bond acceptors (Lipinski definition) is 7. The average Bonchev–Trinajstić information content (AvgIpc) is 3.26. The minimum atomic E-state index is -0.761. The normalized spacial score (nSPS) is 11.0. The molecule has 27 heavy (non-hydrogen) atoms. The van der Waals surface area contributed by atoms with E-state index in [1.54, 1.807) is 12.1 Å². The predicted octanol–water partition coefficient (Wildman–Crippen LogP) is 1.77. The van der Waals surface area contributed by atoms with E-state index in [-0.39, 0.29) is 30.3 Å². The number of methoxy groups -OCH3 is 1. The summed E-state index contributed by atoms with van der Waals surface area (Å²) < 4.78 is 16.5. The van der Waals surface area contributed by atoms with Gasteiger partial charge in [0.25, 0.3) is 5.69 Å². The van der Waals surface area contributed by atoms with Gasteiger partial charge in [0.15, 0.2) is 5.58 Å². The highest BCUT2D eigenvalue weighted by Crippen LogP contribution is 2.20. The van der Waals surface area contributed by atoms with Gasteiger partial charge < -0.3 is 18.5 Å². The van der Waals surface area contributed by atoms with Crippen molar-refractivity contribution in [2.45, 2.75) is 13.1 Å². The van der Waals surface area contributed by atoms with Crippen LogP contribution in [0.5, 0.6) is 0 Å². The van der Waals surface area contributed by atoms with E-state index in [9.17, 15) is 19.7 Å². The van der Waals surface area contributed by atoms with Gasteiger partial charge in [-0.3, -0.25) is 19.5 Å². The molecule has 0 saturated heterocycles. The Bertz CT molecular complexity index is 1000. The maximum Gasteiger partial charge on any atom is 0.420 e. The number of nitro benzene ring substituents is 1. The molecule has 0 unspecified atom stereocenters. The van der Waals surface area contributed by atoms with Crippen LogP contribution in [0.4, 0.5) is 5.69 Å². The van der Waals surface area contributed by atoms with Crippen molar-refractivity contribution in [2.24, 2.45) is 0 Å². The number of amides is 1. The molecule has 3 aromatic rings. The second kappa shape index (κ2) is 7.87. The first-order valence-electron chi connectivity index (χ1n) is 8.06. The number of rotatable bonds is 8. The van der Waals surface area contributed by atoms with Crippen LogP contribution in [0.25, 0.3) is 11.1 Å². The molecule has 10 nitrogen and oxygen atoms in total. The quantitative estimate of drug-likeness (QED) is 0.434. The lowest BCUT2D eigenvalue weighted by Gasteiger charge is -2.21. The summed E-state index contributed by atoms with van der Waals surface area (Å²) in [7, 11) is 1.52. The van der Waals surface area contributed by atoms with E-state index in [0.29, 0.717) is 24.4 Å². The third-order valence-electron chi connectivity index (χ3n) is 4.00. The Hall–Kier alpha value is -3.40. The van der Waals surface area contributed by atoms with Crippen LogP contribution in [-0.4, -0.2) is 40.6 Å². The van der Waals surface area contributed by atoms with Gasteiger partial charge in [-0.25, -0.2) is 4.79 Å². The number of aromatic nitrogens is 1. The SMILES string of the molecule is COCCN(Cc1ccco1)C(=O)Cn1c(=O)oc2cc([N+](=O)[O-])ccc21. The van der Waals surface area contributed by atoms with Gasteiger partial charge in [0.05, 0.1) is 35.9 Å². The number of oxazole rings is 1. The number of nitro groups is 1. The summed E-state index contributed by atoms with van der Waals surface area (Å²) in [5.74, 6) is -0.505. The molecule has 0 saturated carbocycles. The summed E-state index contributed by atoms with van der Waals surface area (Å²) in [4.78, 5) is 36.6. The molecular weight excluding hydrogens is 358 g/mol. The summed E-state index contributed by atoms with van der Waals surface area (Å²) >= 11 is 0. The van der Waals surface area contributed by atoms with Crippen LogP contribution in [0.3, 0.4) is 0 Å². The summed E-state index contributed by atoms with van der Waals surface area (Å²) in [6.45, 7) is 0.588. The first kappa shape index (κ1) is 18.4. The highest BCUT2D eigenvalue weighted by atomic mass is 16.6. The number of carbonyl (C=O) groups is 1. The van der Waals surface area contributed by atoms with E-state index in [0.717, 1.165) is 10.6 Å². The molecule has 0 spiro atoms. The monoisotopic (exact) mass is 375 g/mol. The number of carbonyl (C=O) groups excluding carboxylic acids is 1. The predicted molar refractivity (Wildman–Crippen MR) is 93.1 cm³/mol. The van der Waals surface area contributed by atoms with Crippen molar-refractivity contribution in [3.63, 3.8) is 0 Å². The zero-order chi connectivity index (χ0) is 19.4. The van der Waals surface area contributed by atoms with Crippen LogP contribution >= 0.6 is 0 Å². The van der Waals surface area contributed by atoms with Gasteiger partial charge in [-0.1, -0.05) is 0 Å². The van der Waals surface area contributed by atoms with Crippen LogP contribution in [0.1, 0.15) is 5.76 Å². The number of hydrogen-bond donors (Lipinski definition) is 0. The van der Waals surface area contributed by atoms with Gasteiger partial charge in [-0.2, -0.15) is 0 Å². The molecule has 0 bridgehead atoms. The summed E-state index contributed by atoms with van der Waals surface area (Å²) in [5, 5.41) is 10.9. The van der Waals surface area contributed by atoms with Crippen LogP contribution < -0.4 is 5.76 Å². The van der Waals surface area contributed by atoms with Gasteiger partial charge in [-0.05, 0) is 18.2 Å². The molecule has 142 valence electrons. The molecule has 1 aromatic carbocycles. The van der Waals surface area contributed by atoms with Gasteiger partial charge in [0, 0.05) is 19.7 Å². The van der Waals surface area contributed by atoms with E-state index < -0.39 is 10.7 Å². The highest BCUT2D eigenvalue weighted by Gasteiger charge is 2.20. The standard InChI is InChI=1S/C17H17N3O7/c1-25-8-6-18(10-13-3-2-7-26-13)16(21)11-19-14-5-4-12(20(23)24)9-15(14)27-17(19)22/h2-5,7,9H,6,8,10-11H2,1H3. The number of benzene rings is 1. The first-order chi connectivity index (χ1) is 13.0. The van der Waals surface area contributed by atoms with Crippen LogP contribution in [0, 0.1) is 10.1 Å². The lowest BCUT2D eigenvalue weighted by atomic mass is 10.3. The van der Waals surface area contributed by atoms with E-state index in [2.05, 4.69) is 0 Å². The van der Waals surface area contributed by atoms with E-state index in [1.165, 1.54) is 30.4 Å². The fourth-order valence-corrected chi connectivity index (χ4v) is 2.64. The molecule has 0 N–H and O–H groups in total. The smallest absolute Gasteiger partial charge is 0.420 e. The van der Waals surface area contributed by atoms with Crippen molar-refractivity contribution in [3.8, 4) is 0 Å². The van der Waals surface area contributed by atoms with Gasteiger partial charge >= 0.3 is 5.76 Å². The molecule has 0 radical (unpaired) electrons. The molecule has 0 aliphatic heterocycles. The highest BCUT2D eigenvalue weighted by molar-refractivity contribution is 5.80. The number of non-ortho nitro benzene ring substituents is 1. The fraction of sp³-hybridized carbons (Fsp3) is 0.294. The van der Waals surface area contributed by atoms with Crippen molar-refractivity contribution in [2.75, 3.05) is 20.3 Å². The van der Waals surface area contributed by atoms with Crippen molar-refractivity contribution >= 4 is 22.7 Å². The number of ether oxygens (including phenoxy) is 1. The Balaban J connectivity index is 1.85. The molecule has 0 aliphatic carbocycles. The average molecular weight is 375 g/mol. The van der Waals surface area contributed by atoms with Gasteiger partial charge in [0.1, 0.15) is 12.3 Å². The second-order valence-electron chi connectivity index (χ2n) is 5.75. The molecule has 2 aromatic heterocycles. The zero-order valence-corrected chi connectivity index (χ0v) is 14.5. The Morgan fingerprint density at radius 3 is 2.85 bits per heavy atom. The minimum absolute atomic E-state index is 0.0523. The Morgan fingerprint density at radius 1 is 1.37 bits per heavy atom. The lowest BCUT2D eigenvalue weighted by Crippen LogP contribution is -2.37. The Kier molecular flexibility index (Phi) is 5.36. The molecule has 0 atom stereocenters. The largest absolute Gasteiger partial charge is 0.467 e. The Labute approximate surface area is 152 Å². The van der Waals surface area contributed by atoms with Gasteiger partial charge in [-0.15, -0.1) is 0 Å². The molecule has 10 heteroatoms. The third-order valence-corrected chi connectivity index (χ3v) is 4.00. The van der Waals surface area contributed by atoms with E-state index in [1.807, 2.05) is 0 Å². The third kappa shape index (κ3) is 4.06. The molecule has 2 heterocycles. The Morgan fingerprint density at radius 2 is 2.19 bits per heavy atom. The molecule has 0 aliphatic rings. The summed E-state index contributed by atoms with van der Waals surface area (Å²) in [6, 6.07) is 7.26. The maximum absolute atomic E-state index is 12.7. The number of nitrogens with zero attached hydrogens (tertiary/aromatic N) is 3.